The first-order chi connectivity index (χ1) is 13.0. The number of rotatable bonds is 9. The number of amides is 2. The molecule has 0 bridgehead atoms. The number of halogens is 1. The molecule has 2 amide bonds. The van der Waals surface area contributed by atoms with E-state index in [1.54, 1.807) is 25.3 Å². The van der Waals surface area contributed by atoms with Crippen LogP contribution >= 0.6 is 0 Å². The van der Waals surface area contributed by atoms with E-state index in [1.165, 1.54) is 12.1 Å². The van der Waals surface area contributed by atoms with E-state index in [1.807, 2.05) is 37.2 Å². The lowest BCUT2D eigenvalue weighted by atomic mass is 10.1. The molecule has 0 aromatic heterocycles. The molecule has 146 valence electrons. The predicted octanol–water partition coefficient (Wildman–Crippen LogP) is 2.82. The molecule has 0 heterocycles. The van der Waals surface area contributed by atoms with Crippen molar-refractivity contribution in [3.8, 4) is 11.5 Å². The van der Waals surface area contributed by atoms with Crippen molar-refractivity contribution in [3.63, 3.8) is 0 Å². The first-order valence-electron chi connectivity index (χ1n) is 8.70. The number of carbonyl (C=O) groups excluding carboxylic acids is 1. The standard InChI is InChI=1S/C20H26FN3O3/c1-24(2)19(15-5-4-6-16(21)13-15)14-23-20(25)22-11-12-27-18-9-7-17(26-3)8-10-18/h4-10,13,19H,11-12,14H2,1-3H3,(H2,22,23,25). The molecule has 2 aromatic carbocycles. The monoisotopic (exact) mass is 375 g/mol. The normalized spacial score (nSPS) is 11.7. The zero-order valence-corrected chi connectivity index (χ0v) is 15.9. The third kappa shape index (κ3) is 6.79. The number of likely N-dealkylation sites (N-methyl/N-ethyl adjacent to an activating group) is 1. The van der Waals surface area contributed by atoms with E-state index in [2.05, 4.69) is 10.6 Å². The highest BCUT2D eigenvalue weighted by Crippen LogP contribution is 2.18. The molecule has 2 N–H and O–H groups in total. The molecule has 0 aliphatic carbocycles. The highest BCUT2D eigenvalue weighted by Gasteiger charge is 2.15. The Hall–Kier alpha value is -2.80. The van der Waals surface area contributed by atoms with E-state index >= 15 is 0 Å². The third-order valence-electron chi connectivity index (χ3n) is 4.03. The molecular formula is C20H26FN3O3. The van der Waals surface area contributed by atoms with Gasteiger partial charge in [0.05, 0.1) is 19.7 Å². The van der Waals surface area contributed by atoms with Gasteiger partial charge in [-0.3, -0.25) is 0 Å². The van der Waals surface area contributed by atoms with E-state index in [9.17, 15) is 9.18 Å². The molecule has 7 heteroatoms. The summed E-state index contributed by atoms with van der Waals surface area (Å²) in [6.07, 6.45) is 0. The predicted molar refractivity (Wildman–Crippen MR) is 103 cm³/mol. The van der Waals surface area contributed by atoms with Crippen LogP contribution in [0.2, 0.25) is 0 Å². The van der Waals surface area contributed by atoms with Crippen LogP contribution in [0.25, 0.3) is 0 Å². The Balaban J connectivity index is 1.72. The lowest BCUT2D eigenvalue weighted by Gasteiger charge is -2.25. The van der Waals surface area contributed by atoms with Gasteiger partial charge in [0.2, 0.25) is 0 Å². The lowest BCUT2D eigenvalue weighted by Crippen LogP contribution is -2.41. The van der Waals surface area contributed by atoms with E-state index in [-0.39, 0.29) is 17.9 Å². The molecule has 0 aliphatic heterocycles. The van der Waals surface area contributed by atoms with Crippen molar-refractivity contribution >= 4 is 6.03 Å². The van der Waals surface area contributed by atoms with Crippen LogP contribution < -0.4 is 20.1 Å². The van der Waals surface area contributed by atoms with Crippen molar-refractivity contribution < 1.29 is 18.7 Å². The molecular weight excluding hydrogens is 349 g/mol. The van der Waals surface area contributed by atoms with Crippen LogP contribution in [0.1, 0.15) is 11.6 Å². The molecule has 0 saturated heterocycles. The zero-order chi connectivity index (χ0) is 19.6. The number of ether oxygens (including phenoxy) is 2. The number of nitrogens with one attached hydrogen (secondary N) is 2. The second kappa shape index (κ2) is 10.4. The third-order valence-corrected chi connectivity index (χ3v) is 4.03. The average molecular weight is 375 g/mol. The van der Waals surface area contributed by atoms with Crippen LogP contribution in [0.3, 0.4) is 0 Å². The van der Waals surface area contributed by atoms with Crippen LogP contribution in [0.15, 0.2) is 48.5 Å². The summed E-state index contributed by atoms with van der Waals surface area (Å²) in [6.45, 7) is 1.08. The fourth-order valence-electron chi connectivity index (χ4n) is 2.57. The molecule has 0 aliphatic rings. The van der Waals surface area contributed by atoms with E-state index in [0.717, 1.165) is 11.3 Å². The minimum Gasteiger partial charge on any atom is -0.497 e. The lowest BCUT2D eigenvalue weighted by molar-refractivity contribution is 0.229. The highest BCUT2D eigenvalue weighted by molar-refractivity contribution is 5.73. The van der Waals surface area contributed by atoms with Gasteiger partial charge in [-0.25, -0.2) is 9.18 Å². The summed E-state index contributed by atoms with van der Waals surface area (Å²) in [5, 5.41) is 5.55. The first-order valence-corrected chi connectivity index (χ1v) is 8.70. The Morgan fingerprint density at radius 3 is 2.44 bits per heavy atom. The van der Waals surface area contributed by atoms with Gasteiger partial charge in [-0.1, -0.05) is 12.1 Å². The molecule has 6 nitrogen and oxygen atoms in total. The van der Waals surface area contributed by atoms with Gasteiger partial charge in [0.15, 0.2) is 0 Å². The molecule has 0 saturated carbocycles. The summed E-state index contributed by atoms with van der Waals surface area (Å²) in [6, 6.07) is 13.2. The van der Waals surface area contributed by atoms with Crippen molar-refractivity contribution in [2.45, 2.75) is 6.04 Å². The summed E-state index contributed by atoms with van der Waals surface area (Å²) in [5.74, 6) is 1.17. The number of nitrogens with zero attached hydrogens (tertiary/aromatic N) is 1. The van der Waals surface area contributed by atoms with Crippen molar-refractivity contribution in [2.24, 2.45) is 0 Å². The van der Waals surface area contributed by atoms with Crippen molar-refractivity contribution in [1.82, 2.24) is 15.5 Å². The van der Waals surface area contributed by atoms with Gasteiger partial charge in [0, 0.05) is 6.54 Å². The van der Waals surface area contributed by atoms with Gasteiger partial charge in [-0.15, -0.1) is 0 Å². The second-order valence-electron chi connectivity index (χ2n) is 6.20. The van der Waals surface area contributed by atoms with E-state index in [0.29, 0.717) is 25.4 Å². The smallest absolute Gasteiger partial charge is 0.314 e. The number of carbonyl (C=O) groups is 1. The maximum absolute atomic E-state index is 13.4. The Bertz CT molecular complexity index is 723. The van der Waals surface area contributed by atoms with E-state index < -0.39 is 0 Å². The molecule has 0 spiro atoms. The Morgan fingerprint density at radius 1 is 1.11 bits per heavy atom. The van der Waals surface area contributed by atoms with Crippen LogP contribution in [0, 0.1) is 5.82 Å². The Kier molecular flexibility index (Phi) is 7.88. The minimum absolute atomic E-state index is 0.123. The Morgan fingerprint density at radius 2 is 1.81 bits per heavy atom. The molecule has 0 fully saturated rings. The van der Waals surface area contributed by atoms with Gasteiger partial charge in [-0.05, 0) is 56.1 Å². The summed E-state index contributed by atoms with van der Waals surface area (Å²) in [4.78, 5) is 13.9. The summed E-state index contributed by atoms with van der Waals surface area (Å²) >= 11 is 0. The summed E-state index contributed by atoms with van der Waals surface area (Å²) in [5.41, 5.74) is 0.808. The number of hydrogen-bond acceptors (Lipinski definition) is 4. The quantitative estimate of drug-likeness (QED) is 0.662. The minimum atomic E-state index is -0.295. The second-order valence-corrected chi connectivity index (χ2v) is 6.20. The molecule has 1 unspecified atom stereocenters. The summed E-state index contributed by atoms with van der Waals surface area (Å²) in [7, 11) is 5.38. The number of hydrogen-bond donors (Lipinski definition) is 2. The molecule has 1 atom stereocenters. The van der Waals surface area contributed by atoms with Gasteiger partial charge >= 0.3 is 6.03 Å². The average Bonchev–Trinajstić information content (AvgIpc) is 2.65. The molecule has 0 radical (unpaired) electrons. The fourth-order valence-corrected chi connectivity index (χ4v) is 2.57. The fraction of sp³-hybridized carbons (Fsp3) is 0.350. The van der Waals surface area contributed by atoms with E-state index in [4.69, 9.17) is 9.47 Å². The molecule has 2 rings (SSSR count). The van der Waals surface area contributed by atoms with Gasteiger partial charge in [-0.2, -0.15) is 0 Å². The van der Waals surface area contributed by atoms with Gasteiger partial charge in [0.1, 0.15) is 23.9 Å². The highest BCUT2D eigenvalue weighted by atomic mass is 19.1. The van der Waals surface area contributed by atoms with Crippen LogP contribution in [0.4, 0.5) is 9.18 Å². The van der Waals surface area contributed by atoms with Crippen molar-refractivity contribution in [2.75, 3.05) is 40.9 Å². The molecule has 27 heavy (non-hydrogen) atoms. The largest absolute Gasteiger partial charge is 0.497 e. The van der Waals surface area contributed by atoms with Crippen LogP contribution in [0.5, 0.6) is 11.5 Å². The maximum Gasteiger partial charge on any atom is 0.314 e. The van der Waals surface area contributed by atoms with Gasteiger partial charge in [0.25, 0.3) is 0 Å². The number of methoxy groups -OCH3 is 1. The summed E-state index contributed by atoms with van der Waals surface area (Å²) < 4.78 is 24.1. The zero-order valence-electron chi connectivity index (χ0n) is 15.9. The van der Waals surface area contributed by atoms with Crippen LogP contribution in [-0.2, 0) is 0 Å². The molecule has 2 aromatic rings. The number of benzene rings is 2. The first kappa shape index (κ1) is 20.5. The Labute approximate surface area is 159 Å². The SMILES string of the molecule is COc1ccc(OCCNC(=O)NCC(c2cccc(F)c2)N(C)C)cc1. The van der Waals surface area contributed by atoms with Crippen LogP contribution in [-0.4, -0.2) is 51.8 Å². The number of urea groups is 1. The van der Waals surface area contributed by atoms with Gasteiger partial charge < -0.3 is 25.0 Å². The maximum atomic E-state index is 13.4. The topological polar surface area (TPSA) is 62.8 Å². The van der Waals surface area contributed by atoms with Crippen molar-refractivity contribution in [3.05, 3.63) is 59.9 Å². The van der Waals surface area contributed by atoms with Crippen molar-refractivity contribution in [1.29, 1.82) is 0 Å².